The molecule has 0 unspecified atom stereocenters. The van der Waals surface area contributed by atoms with Crippen molar-refractivity contribution in [1.29, 1.82) is 0 Å². The van der Waals surface area contributed by atoms with E-state index in [0.717, 1.165) is 16.9 Å². The SMILES string of the molecule is COc1ccccc1CN(C)C(=O)c1ccc(N)c(C)c1. The standard InChI is InChI=1S/C17H20N2O2/c1-12-10-13(8-9-15(12)18)17(20)19(2)11-14-6-4-5-7-16(14)21-3/h4-10H,11,18H2,1-3H3. The molecule has 2 rings (SSSR count). The molecule has 2 aromatic rings. The highest BCUT2D eigenvalue weighted by molar-refractivity contribution is 5.94. The predicted molar refractivity (Wildman–Crippen MR) is 84.4 cm³/mol. The average molecular weight is 284 g/mol. The summed E-state index contributed by atoms with van der Waals surface area (Å²) >= 11 is 0. The van der Waals surface area contributed by atoms with Gasteiger partial charge in [-0.3, -0.25) is 4.79 Å². The highest BCUT2D eigenvalue weighted by Crippen LogP contribution is 2.20. The van der Waals surface area contributed by atoms with Gasteiger partial charge >= 0.3 is 0 Å². The second kappa shape index (κ2) is 6.31. The molecular weight excluding hydrogens is 264 g/mol. The number of carbonyl (C=O) groups is 1. The molecule has 21 heavy (non-hydrogen) atoms. The van der Waals surface area contributed by atoms with Crippen molar-refractivity contribution >= 4 is 11.6 Å². The van der Waals surface area contributed by atoms with E-state index in [1.807, 2.05) is 37.3 Å². The molecule has 0 bridgehead atoms. The maximum Gasteiger partial charge on any atom is 0.253 e. The van der Waals surface area contributed by atoms with Crippen LogP contribution in [0.15, 0.2) is 42.5 Å². The number of nitrogens with zero attached hydrogens (tertiary/aromatic N) is 1. The number of ether oxygens (including phenoxy) is 1. The van der Waals surface area contributed by atoms with Gasteiger partial charge in [0.1, 0.15) is 5.75 Å². The number of nitrogens with two attached hydrogens (primary N) is 1. The van der Waals surface area contributed by atoms with Crippen LogP contribution >= 0.6 is 0 Å². The molecule has 0 aliphatic rings. The molecule has 0 spiro atoms. The Morgan fingerprint density at radius 1 is 1.24 bits per heavy atom. The quantitative estimate of drug-likeness (QED) is 0.878. The van der Waals surface area contributed by atoms with Crippen LogP contribution in [0.4, 0.5) is 5.69 Å². The van der Waals surface area contributed by atoms with E-state index in [0.29, 0.717) is 17.8 Å². The molecule has 4 heteroatoms. The van der Waals surface area contributed by atoms with Crippen molar-refractivity contribution in [2.24, 2.45) is 0 Å². The fourth-order valence-corrected chi connectivity index (χ4v) is 2.19. The number of nitrogen functional groups attached to an aromatic ring is 1. The van der Waals surface area contributed by atoms with Crippen molar-refractivity contribution in [2.75, 3.05) is 19.9 Å². The zero-order chi connectivity index (χ0) is 15.4. The third kappa shape index (κ3) is 3.34. The number of anilines is 1. The summed E-state index contributed by atoms with van der Waals surface area (Å²) in [5, 5.41) is 0. The Bertz CT molecular complexity index is 653. The first-order valence-corrected chi connectivity index (χ1v) is 6.76. The molecule has 0 atom stereocenters. The van der Waals surface area contributed by atoms with Gasteiger partial charge < -0.3 is 15.4 Å². The average Bonchev–Trinajstić information content (AvgIpc) is 2.49. The maximum absolute atomic E-state index is 12.5. The highest BCUT2D eigenvalue weighted by Gasteiger charge is 2.14. The molecule has 110 valence electrons. The molecule has 2 N–H and O–H groups in total. The topological polar surface area (TPSA) is 55.6 Å². The van der Waals surface area contributed by atoms with Gasteiger partial charge in [0.25, 0.3) is 5.91 Å². The second-order valence-corrected chi connectivity index (χ2v) is 5.04. The summed E-state index contributed by atoms with van der Waals surface area (Å²) in [6.07, 6.45) is 0. The number of aryl methyl sites for hydroxylation is 1. The first kappa shape index (κ1) is 14.9. The van der Waals surface area contributed by atoms with Gasteiger partial charge in [-0.1, -0.05) is 18.2 Å². The van der Waals surface area contributed by atoms with Crippen LogP contribution in [0.5, 0.6) is 5.75 Å². The first-order chi connectivity index (χ1) is 10.0. The van der Waals surface area contributed by atoms with E-state index in [-0.39, 0.29) is 5.91 Å². The van der Waals surface area contributed by atoms with E-state index in [1.165, 1.54) is 0 Å². The minimum atomic E-state index is -0.0380. The number of benzene rings is 2. The fourth-order valence-electron chi connectivity index (χ4n) is 2.19. The molecule has 0 saturated carbocycles. The molecule has 0 saturated heterocycles. The molecule has 0 aromatic heterocycles. The van der Waals surface area contributed by atoms with E-state index in [9.17, 15) is 4.79 Å². The van der Waals surface area contributed by atoms with Crippen molar-refractivity contribution < 1.29 is 9.53 Å². The van der Waals surface area contributed by atoms with Crippen LogP contribution in [0.3, 0.4) is 0 Å². The van der Waals surface area contributed by atoms with Crippen molar-refractivity contribution in [3.63, 3.8) is 0 Å². The van der Waals surface area contributed by atoms with Crippen LogP contribution in [0.1, 0.15) is 21.5 Å². The number of hydrogen-bond donors (Lipinski definition) is 1. The Morgan fingerprint density at radius 2 is 1.95 bits per heavy atom. The van der Waals surface area contributed by atoms with E-state index in [1.54, 1.807) is 31.2 Å². The van der Waals surface area contributed by atoms with Gasteiger partial charge in [0.05, 0.1) is 7.11 Å². The van der Waals surface area contributed by atoms with Gasteiger partial charge in [-0.05, 0) is 36.8 Å². The minimum absolute atomic E-state index is 0.0380. The number of methoxy groups -OCH3 is 1. The Morgan fingerprint density at radius 3 is 2.62 bits per heavy atom. The summed E-state index contributed by atoms with van der Waals surface area (Å²) in [6.45, 7) is 2.39. The third-order valence-electron chi connectivity index (χ3n) is 3.46. The molecule has 0 aliphatic heterocycles. The molecular formula is C17H20N2O2. The van der Waals surface area contributed by atoms with Crippen LogP contribution in [-0.2, 0) is 6.54 Å². The van der Waals surface area contributed by atoms with Crippen molar-refractivity contribution in [1.82, 2.24) is 4.90 Å². The van der Waals surface area contributed by atoms with E-state index in [2.05, 4.69) is 0 Å². The van der Waals surface area contributed by atoms with E-state index < -0.39 is 0 Å². The van der Waals surface area contributed by atoms with Crippen molar-refractivity contribution in [3.05, 3.63) is 59.2 Å². The lowest BCUT2D eigenvalue weighted by molar-refractivity contribution is 0.0784. The normalized spacial score (nSPS) is 10.2. The number of para-hydroxylation sites is 1. The third-order valence-corrected chi connectivity index (χ3v) is 3.46. The number of carbonyl (C=O) groups excluding carboxylic acids is 1. The van der Waals surface area contributed by atoms with Crippen LogP contribution in [0.25, 0.3) is 0 Å². The Hall–Kier alpha value is -2.49. The fraction of sp³-hybridized carbons (Fsp3) is 0.235. The maximum atomic E-state index is 12.5. The van der Waals surface area contributed by atoms with Gasteiger partial charge in [0.2, 0.25) is 0 Å². The Kier molecular flexibility index (Phi) is 4.48. The summed E-state index contributed by atoms with van der Waals surface area (Å²) in [4.78, 5) is 14.1. The van der Waals surface area contributed by atoms with Crippen molar-refractivity contribution in [3.8, 4) is 5.75 Å². The Balaban J connectivity index is 2.17. The summed E-state index contributed by atoms with van der Waals surface area (Å²) in [7, 11) is 3.41. The van der Waals surface area contributed by atoms with Gasteiger partial charge in [0, 0.05) is 30.4 Å². The minimum Gasteiger partial charge on any atom is -0.496 e. The second-order valence-electron chi connectivity index (χ2n) is 5.04. The molecule has 0 aliphatic carbocycles. The van der Waals surface area contributed by atoms with Crippen LogP contribution in [-0.4, -0.2) is 25.0 Å². The highest BCUT2D eigenvalue weighted by atomic mass is 16.5. The summed E-state index contributed by atoms with van der Waals surface area (Å²) in [5.74, 6) is 0.745. The summed E-state index contributed by atoms with van der Waals surface area (Å²) in [6, 6.07) is 13.0. The van der Waals surface area contributed by atoms with Crippen LogP contribution < -0.4 is 10.5 Å². The zero-order valence-corrected chi connectivity index (χ0v) is 12.6. The van der Waals surface area contributed by atoms with Gasteiger partial charge in [-0.15, -0.1) is 0 Å². The molecule has 0 radical (unpaired) electrons. The Labute approximate surface area is 125 Å². The summed E-state index contributed by atoms with van der Waals surface area (Å²) in [5.41, 5.74) is 9.00. The molecule has 4 nitrogen and oxygen atoms in total. The van der Waals surface area contributed by atoms with Gasteiger partial charge in [-0.2, -0.15) is 0 Å². The lowest BCUT2D eigenvalue weighted by Gasteiger charge is -2.19. The van der Waals surface area contributed by atoms with Crippen LogP contribution in [0.2, 0.25) is 0 Å². The largest absolute Gasteiger partial charge is 0.496 e. The van der Waals surface area contributed by atoms with Crippen molar-refractivity contribution in [2.45, 2.75) is 13.5 Å². The van der Waals surface area contributed by atoms with Gasteiger partial charge in [0.15, 0.2) is 0 Å². The first-order valence-electron chi connectivity index (χ1n) is 6.76. The van der Waals surface area contributed by atoms with E-state index in [4.69, 9.17) is 10.5 Å². The number of rotatable bonds is 4. The van der Waals surface area contributed by atoms with E-state index >= 15 is 0 Å². The molecule has 2 aromatic carbocycles. The predicted octanol–water partition coefficient (Wildman–Crippen LogP) is 2.86. The smallest absolute Gasteiger partial charge is 0.253 e. The monoisotopic (exact) mass is 284 g/mol. The number of amides is 1. The molecule has 0 fully saturated rings. The molecule has 0 heterocycles. The lowest BCUT2D eigenvalue weighted by Crippen LogP contribution is -2.26. The van der Waals surface area contributed by atoms with Gasteiger partial charge in [-0.25, -0.2) is 0 Å². The zero-order valence-electron chi connectivity index (χ0n) is 12.6. The number of hydrogen-bond acceptors (Lipinski definition) is 3. The molecule has 1 amide bonds. The van der Waals surface area contributed by atoms with Crippen LogP contribution in [0, 0.1) is 6.92 Å². The lowest BCUT2D eigenvalue weighted by atomic mass is 10.1. The summed E-state index contributed by atoms with van der Waals surface area (Å²) < 4.78 is 5.31.